The molecular weight excluding hydrogens is 344 g/mol. The number of carbonyl (C=O) groups excluding carboxylic acids is 1. The molecule has 4 rings (SSSR count). The second-order valence-corrected chi connectivity index (χ2v) is 8.54. The van der Waals surface area contributed by atoms with Gasteiger partial charge in [-0.15, -0.1) is 11.3 Å². The van der Waals surface area contributed by atoms with Crippen LogP contribution in [0.4, 0.5) is 0 Å². The van der Waals surface area contributed by atoms with Gasteiger partial charge in [0.25, 0.3) is 0 Å². The lowest BCUT2D eigenvalue weighted by atomic mass is 9.65. The summed E-state index contributed by atoms with van der Waals surface area (Å²) in [4.78, 5) is 21.3. The maximum atomic E-state index is 12.6. The Bertz CT molecular complexity index is 733. The Morgan fingerprint density at radius 3 is 2.69 bits per heavy atom. The number of nitrogens with zero attached hydrogens (tertiary/aromatic N) is 2. The molecule has 3 N–H and O–H groups in total. The van der Waals surface area contributed by atoms with E-state index in [-0.39, 0.29) is 11.8 Å². The summed E-state index contributed by atoms with van der Waals surface area (Å²) >= 11 is 1.65. The lowest BCUT2D eigenvalue weighted by Crippen LogP contribution is -2.49. The maximum Gasteiger partial charge on any atom is 0.223 e. The van der Waals surface area contributed by atoms with Crippen LogP contribution in [0.15, 0.2) is 29.9 Å². The summed E-state index contributed by atoms with van der Waals surface area (Å²) in [5.41, 5.74) is 8.39. The first-order chi connectivity index (χ1) is 12.7. The fourth-order valence-electron chi connectivity index (χ4n) is 4.52. The van der Waals surface area contributed by atoms with Crippen molar-refractivity contribution in [2.24, 2.45) is 23.5 Å². The highest BCUT2D eigenvalue weighted by molar-refractivity contribution is 7.09. The smallest absolute Gasteiger partial charge is 0.223 e. The van der Waals surface area contributed by atoms with Crippen LogP contribution >= 0.6 is 11.3 Å². The fourth-order valence-corrected chi connectivity index (χ4v) is 5.33. The normalized spacial score (nSPS) is 27.9. The van der Waals surface area contributed by atoms with Crippen LogP contribution in [0.25, 0.3) is 11.3 Å². The van der Waals surface area contributed by atoms with E-state index in [4.69, 9.17) is 5.73 Å². The Labute approximate surface area is 158 Å². The van der Waals surface area contributed by atoms with Gasteiger partial charge in [-0.1, -0.05) is 6.42 Å². The van der Waals surface area contributed by atoms with Crippen molar-refractivity contribution in [2.75, 3.05) is 6.54 Å². The van der Waals surface area contributed by atoms with Crippen molar-refractivity contribution in [1.29, 1.82) is 0 Å². The summed E-state index contributed by atoms with van der Waals surface area (Å²) < 4.78 is 0. The van der Waals surface area contributed by atoms with Gasteiger partial charge >= 0.3 is 0 Å². The molecule has 26 heavy (non-hydrogen) atoms. The Morgan fingerprint density at radius 2 is 1.96 bits per heavy atom. The van der Waals surface area contributed by atoms with Crippen molar-refractivity contribution in [2.45, 2.75) is 44.6 Å². The highest BCUT2D eigenvalue weighted by Gasteiger charge is 2.40. The van der Waals surface area contributed by atoms with Crippen LogP contribution < -0.4 is 11.1 Å². The number of hydrogen-bond acceptors (Lipinski definition) is 5. The average Bonchev–Trinajstić information content (AvgIpc) is 3.11. The summed E-state index contributed by atoms with van der Waals surface area (Å²) in [7, 11) is 0. The van der Waals surface area contributed by atoms with E-state index in [1.807, 2.05) is 12.1 Å². The van der Waals surface area contributed by atoms with Crippen LogP contribution in [-0.2, 0) is 11.2 Å². The third-order valence-corrected chi connectivity index (χ3v) is 6.86. The van der Waals surface area contributed by atoms with Crippen molar-refractivity contribution in [1.82, 2.24) is 15.3 Å². The molecule has 2 saturated carbocycles. The molecular formula is C20H26N4OS. The highest BCUT2D eigenvalue weighted by Crippen LogP contribution is 2.41. The molecule has 0 saturated heterocycles. The van der Waals surface area contributed by atoms with Crippen LogP contribution in [0.2, 0.25) is 0 Å². The zero-order chi connectivity index (χ0) is 17.9. The van der Waals surface area contributed by atoms with Crippen LogP contribution in [-0.4, -0.2) is 28.5 Å². The molecule has 0 aromatic carbocycles. The molecule has 2 aromatic rings. The van der Waals surface area contributed by atoms with Crippen LogP contribution in [0, 0.1) is 17.8 Å². The number of thiazole rings is 1. The largest absolute Gasteiger partial charge is 0.355 e. The van der Waals surface area contributed by atoms with E-state index in [0.717, 1.165) is 35.5 Å². The second kappa shape index (κ2) is 7.84. The van der Waals surface area contributed by atoms with E-state index in [1.54, 1.807) is 23.7 Å². The maximum absolute atomic E-state index is 12.6. The van der Waals surface area contributed by atoms with Crippen molar-refractivity contribution in [3.63, 3.8) is 0 Å². The van der Waals surface area contributed by atoms with Gasteiger partial charge in [0.15, 0.2) is 0 Å². The lowest BCUT2D eigenvalue weighted by molar-refractivity contribution is -0.127. The molecule has 2 aromatic heterocycles. The fraction of sp³-hybridized carbons (Fsp3) is 0.550. The molecule has 2 atom stereocenters. The van der Waals surface area contributed by atoms with Crippen LogP contribution in [0.1, 0.15) is 37.1 Å². The third-order valence-electron chi connectivity index (χ3n) is 5.95. The predicted octanol–water partition coefficient (Wildman–Crippen LogP) is 3.02. The topological polar surface area (TPSA) is 80.9 Å². The first-order valence-corrected chi connectivity index (χ1v) is 10.5. The first kappa shape index (κ1) is 17.6. The van der Waals surface area contributed by atoms with Gasteiger partial charge in [0.1, 0.15) is 0 Å². The van der Waals surface area contributed by atoms with Gasteiger partial charge in [-0.25, -0.2) is 4.98 Å². The number of fused-ring (bicyclic) bond motifs is 2. The molecule has 0 radical (unpaired) electrons. The summed E-state index contributed by atoms with van der Waals surface area (Å²) in [5.74, 6) is 1.44. The van der Waals surface area contributed by atoms with E-state index < -0.39 is 0 Å². The molecule has 0 aliphatic heterocycles. The molecule has 6 heteroatoms. The predicted molar refractivity (Wildman–Crippen MR) is 104 cm³/mol. The number of aromatic nitrogens is 2. The van der Waals surface area contributed by atoms with Gasteiger partial charge in [0.2, 0.25) is 5.91 Å². The molecule has 1 amide bonds. The van der Waals surface area contributed by atoms with Gasteiger partial charge in [0, 0.05) is 48.3 Å². The first-order valence-electron chi connectivity index (χ1n) is 9.59. The van der Waals surface area contributed by atoms with E-state index >= 15 is 0 Å². The molecule has 138 valence electrons. The van der Waals surface area contributed by atoms with E-state index in [9.17, 15) is 4.79 Å². The van der Waals surface area contributed by atoms with Crippen molar-refractivity contribution >= 4 is 17.2 Å². The van der Waals surface area contributed by atoms with Gasteiger partial charge in [-0.05, 0) is 49.7 Å². The van der Waals surface area contributed by atoms with Gasteiger partial charge < -0.3 is 11.1 Å². The summed E-state index contributed by atoms with van der Waals surface area (Å²) in [6, 6.07) is 4.24. The van der Waals surface area contributed by atoms with E-state index in [0.29, 0.717) is 24.4 Å². The minimum atomic E-state index is 0.147. The van der Waals surface area contributed by atoms with Crippen molar-refractivity contribution in [3.05, 3.63) is 34.9 Å². The van der Waals surface area contributed by atoms with Gasteiger partial charge in [-0.3, -0.25) is 9.78 Å². The molecule has 2 bridgehead atoms. The number of hydrogen-bond donors (Lipinski definition) is 2. The highest BCUT2D eigenvalue weighted by atomic mass is 32.1. The number of carbonyl (C=O) groups is 1. The summed E-state index contributed by atoms with van der Waals surface area (Å²) in [6.45, 7) is 0.653. The van der Waals surface area contributed by atoms with Crippen molar-refractivity contribution in [3.8, 4) is 11.3 Å². The Hall–Kier alpha value is -1.79. The number of rotatable bonds is 5. The standard InChI is InChI=1S/C20H26N4OS/c21-19-14-2-1-3-15(19)11-16(10-14)20(25)23-9-6-18-24-17(12-26-18)13-4-7-22-8-5-13/h4-5,7-8,12,14-16,19H,1-3,6,9-11,21H2,(H,23,25). The average molecular weight is 371 g/mol. The molecule has 2 unspecified atom stereocenters. The Balaban J connectivity index is 1.27. The number of nitrogens with two attached hydrogens (primary N) is 1. The van der Waals surface area contributed by atoms with E-state index in [2.05, 4.69) is 20.7 Å². The Kier molecular flexibility index (Phi) is 5.31. The molecule has 5 nitrogen and oxygen atoms in total. The molecule has 2 heterocycles. The molecule has 0 spiro atoms. The third kappa shape index (κ3) is 3.81. The summed E-state index contributed by atoms with van der Waals surface area (Å²) in [5, 5.41) is 6.25. The van der Waals surface area contributed by atoms with E-state index in [1.165, 1.54) is 19.3 Å². The number of amides is 1. The molecule has 2 fully saturated rings. The van der Waals surface area contributed by atoms with Gasteiger partial charge in [0.05, 0.1) is 10.7 Å². The zero-order valence-corrected chi connectivity index (χ0v) is 15.8. The number of nitrogens with one attached hydrogen (secondary N) is 1. The summed E-state index contributed by atoms with van der Waals surface area (Å²) in [6.07, 6.45) is 9.93. The van der Waals surface area contributed by atoms with Crippen LogP contribution in [0.5, 0.6) is 0 Å². The quantitative estimate of drug-likeness (QED) is 0.848. The zero-order valence-electron chi connectivity index (χ0n) is 14.9. The number of pyridine rings is 1. The molecule has 2 aliphatic carbocycles. The van der Waals surface area contributed by atoms with Crippen LogP contribution in [0.3, 0.4) is 0 Å². The monoisotopic (exact) mass is 370 g/mol. The minimum absolute atomic E-state index is 0.147. The van der Waals surface area contributed by atoms with Gasteiger partial charge in [-0.2, -0.15) is 0 Å². The van der Waals surface area contributed by atoms with Crippen molar-refractivity contribution < 1.29 is 4.79 Å². The molecule has 2 aliphatic rings. The SMILES string of the molecule is NC1C2CCCC1CC(C(=O)NCCc1nc(-c3ccncc3)cs1)C2. The lowest BCUT2D eigenvalue weighted by Gasteiger charge is -2.43. The minimum Gasteiger partial charge on any atom is -0.355 e. The Morgan fingerprint density at radius 1 is 1.23 bits per heavy atom. The second-order valence-electron chi connectivity index (χ2n) is 7.60.